The Bertz CT molecular complexity index is 440. The van der Waals surface area contributed by atoms with Gasteiger partial charge in [-0.15, -0.1) is 0 Å². The van der Waals surface area contributed by atoms with Gasteiger partial charge in [-0.3, -0.25) is 0 Å². The zero-order valence-electron chi connectivity index (χ0n) is 6.03. The van der Waals surface area contributed by atoms with Gasteiger partial charge in [-0.2, -0.15) is 10.5 Å². The molecule has 0 saturated carbocycles. The predicted molar refractivity (Wildman–Crippen MR) is 34.6 cm³/mol. The van der Waals surface area contributed by atoms with Crippen LogP contribution in [0, 0.1) is 46.2 Å². The number of hydrogen-bond donors (Lipinski definition) is 0. The maximum absolute atomic E-state index is 12.8. The van der Waals surface area contributed by atoms with E-state index in [1.807, 2.05) is 0 Å². The molecule has 0 aliphatic heterocycles. The third-order valence-corrected chi connectivity index (χ3v) is 1.31. The Balaban J connectivity index is 3.63. The lowest BCUT2D eigenvalue weighted by Crippen LogP contribution is -1.98. The van der Waals surface area contributed by atoms with E-state index in [1.54, 1.807) is 0 Å². The highest BCUT2D eigenvalue weighted by Gasteiger charge is 2.18. The molecule has 1 aromatic rings. The smallest absolute Gasteiger partial charge is 0.180 e. The van der Waals surface area contributed by atoms with E-state index in [2.05, 4.69) is 0 Å². The summed E-state index contributed by atoms with van der Waals surface area (Å²) in [6, 6.07) is 3.91. The molecule has 0 aromatic heterocycles. The summed E-state index contributed by atoms with van der Waals surface area (Å²) in [6.07, 6.45) is 0. The third-order valence-electron chi connectivity index (χ3n) is 1.31. The molecule has 2 nitrogen and oxygen atoms in total. The molecular weight excluding hydrogens is 181 g/mol. The van der Waals surface area contributed by atoms with Gasteiger partial charge in [0.25, 0.3) is 0 Å². The SMILES string of the molecule is N#Cc1[c]c(F)c(F)c(C#N)c1F. The lowest BCUT2D eigenvalue weighted by Gasteiger charge is -1.97. The van der Waals surface area contributed by atoms with Gasteiger partial charge in [0, 0.05) is 6.07 Å². The van der Waals surface area contributed by atoms with Gasteiger partial charge in [0.1, 0.15) is 23.3 Å². The fourth-order valence-electron chi connectivity index (χ4n) is 0.726. The van der Waals surface area contributed by atoms with E-state index in [9.17, 15) is 13.2 Å². The molecule has 13 heavy (non-hydrogen) atoms. The summed E-state index contributed by atoms with van der Waals surface area (Å²) < 4.78 is 37.9. The minimum absolute atomic E-state index is 0.810. The minimum Gasteiger partial charge on any atom is -0.204 e. The second kappa shape index (κ2) is 3.16. The molecule has 0 unspecified atom stereocenters. The molecule has 0 spiro atoms. The molecule has 0 aliphatic carbocycles. The van der Waals surface area contributed by atoms with E-state index in [0.717, 1.165) is 6.07 Å². The molecule has 0 saturated heterocycles. The van der Waals surface area contributed by atoms with Gasteiger partial charge >= 0.3 is 0 Å². The average molecular weight is 181 g/mol. The molecule has 0 fully saturated rings. The van der Waals surface area contributed by atoms with E-state index in [-0.39, 0.29) is 0 Å². The molecule has 5 heteroatoms. The highest BCUT2D eigenvalue weighted by Crippen LogP contribution is 2.17. The molecule has 0 amide bonds. The highest BCUT2D eigenvalue weighted by atomic mass is 19.2. The van der Waals surface area contributed by atoms with E-state index in [0.29, 0.717) is 0 Å². The van der Waals surface area contributed by atoms with Crippen LogP contribution in [0.5, 0.6) is 0 Å². The summed E-state index contributed by atoms with van der Waals surface area (Å²) in [5, 5.41) is 16.5. The Morgan fingerprint density at radius 2 is 1.62 bits per heavy atom. The van der Waals surface area contributed by atoms with Crippen molar-refractivity contribution in [3.63, 3.8) is 0 Å². The van der Waals surface area contributed by atoms with E-state index in [4.69, 9.17) is 10.5 Å². The first kappa shape index (κ1) is 9.08. The number of nitriles is 2. The van der Waals surface area contributed by atoms with Gasteiger partial charge < -0.3 is 0 Å². The molecule has 1 radical (unpaired) electrons. The first-order chi connectivity index (χ1) is 6.11. The minimum atomic E-state index is -1.63. The summed E-state index contributed by atoms with van der Waals surface area (Å²) >= 11 is 0. The van der Waals surface area contributed by atoms with Crippen molar-refractivity contribution >= 4 is 0 Å². The molecule has 1 rings (SSSR count). The predicted octanol–water partition coefficient (Wildman–Crippen LogP) is 1.65. The van der Waals surface area contributed by atoms with Gasteiger partial charge in [-0.05, 0) is 0 Å². The molecule has 0 N–H and O–H groups in total. The first-order valence-electron chi connectivity index (χ1n) is 3.01. The summed E-state index contributed by atoms with van der Waals surface area (Å²) in [5.74, 6) is -4.54. The number of rotatable bonds is 0. The van der Waals surface area contributed by atoms with Crippen molar-refractivity contribution in [3.8, 4) is 12.1 Å². The second-order valence-electron chi connectivity index (χ2n) is 2.04. The van der Waals surface area contributed by atoms with Gasteiger partial charge in [0.15, 0.2) is 17.5 Å². The summed E-state index contributed by atoms with van der Waals surface area (Å²) in [4.78, 5) is 0. The van der Waals surface area contributed by atoms with Crippen molar-refractivity contribution in [3.05, 3.63) is 34.6 Å². The van der Waals surface area contributed by atoms with E-state index in [1.165, 1.54) is 12.1 Å². The lowest BCUT2D eigenvalue weighted by molar-refractivity contribution is 0.488. The Labute approximate surface area is 71.4 Å². The summed E-state index contributed by atoms with van der Waals surface area (Å²) in [7, 11) is 0. The van der Waals surface area contributed by atoms with Crippen LogP contribution in [0.25, 0.3) is 0 Å². The fraction of sp³-hybridized carbons (Fsp3) is 0. The monoisotopic (exact) mass is 181 g/mol. The Hall–Kier alpha value is -2.01. The normalized spacial score (nSPS) is 9.00. The first-order valence-corrected chi connectivity index (χ1v) is 3.01. The van der Waals surface area contributed by atoms with Crippen LogP contribution >= 0.6 is 0 Å². The van der Waals surface area contributed by atoms with Gasteiger partial charge in [0.05, 0.1) is 0 Å². The van der Waals surface area contributed by atoms with Crippen LogP contribution in [0.4, 0.5) is 13.2 Å². The fourth-order valence-corrected chi connectivity index (χ4v) is 0.726. The van der Waals surface area contributed by atoms with E-state index < -0.39 is 28.6 Å². The quantitative estimate of drug-likeness (QED) is 0.571. The number of halogens is 3. The van der Waals surface area contributed by atoms with Gasteiger partial charge in [0.2, 0.25) is 0 Å². The Kier molecular flexibility index (Phi) is 2.21. The maximum Gasteiger partial charge on any atom is 0.180 e. The van der Waals surface area contributed by atoms with Crippen molar-refractivity contribution in [2.75, 3.05) is 0 Å². The molecule has 0 atom stereocenters. The Morgan fingerprint density at radius 3 is 2.08 bits per heavy atom. The van der Waals surface area contributed by atoms with Crippen molar-refractivity contribution < 1.29 is 13.2 Å². The van der Waals surface area contributed by atoms with Crippen LogP contribution in [-0.4, -0.2) is 0 Å². The summed E-state index contributed by atoms with van der Waals surface area (Å²) in [6.45, 7) is 0. The van der Waals surface area contributed by atoms with Crippen LogP contribution < -0.4 is 0 Å². The van der Waals surface area contributed by atoms with Crippen LogP contribution in [0.2, 0.25) is 0 Å². The molecule has 1 aromatic carbocycles. The lowest BCUT2D eigenvalue weighted by atomic mass is 10.1. The van der Waals surface area contributed by atoms with Crippen molar-refractivity contribution in [1.82, 2.24) is 0 Å². The molecule has 0 aliphatic rings. The van der Waals surface area contributed by atoms with Crippen LogP contribution in [0.3, 0.4) is 0 Å². The van der Waals surface area contributed by atoms with Crippen molar-refractivity contribution in [2.24, 2.45) is 0 Å². The van der Waals surface area contributed by atoms with Crippen LogP contribution in [-0.2, 0) is 0 Å². The van der Waals surface area contributed by atoms with Crippen LogP contribution in [0.15, 0.2) is 0 Å². The Morgan fingerprint density at radius 1 is 1.00 bits per heavy atom. The zero-order chi connectivity index (χ0) is 10.0. The van der Waals surface area contributed by atoms with Gasteiger partial charge in [-0.25, -0.2) is 13.2 Å². The number of hydrogen-bond acceptors (Lipinski definition) is 2. The maximum atomic E-state index is 12.8. The number of nitrogens with zero attached hydrogens (tertiary/aromatic N) is 2. The second-order valence-corrected chi connectivity index (χ2v) is 2.04. The molecule has 63 valence electrons. The van der Waals surface area contributed by atoms with E-state index >= 15 is 0 Å². The molecule has 0 heterocycles. The molecular formula is C8F3N2. The highest BCUT2D eigenvalue weighted by molar-refractivity contribution is 5.41. The molecule has 0 bridgehead atoms. The average Bonchev–Trinajstić information content (AvgIpc) is 2.12. The van der Waals surface area contributed by atoms with Crippen LogP contribution in [0.1, 0.15) is 11.1 Å². The largest absolute Gasteiger partial charge is 0.204 e. The van der Waals surface area contributed by atoms with Crippen molar-refractivity contribution in [1.29, 1.82) is 10.5 Å². The van der Waals surface area contributed by atoms with Gasteiger partial charge in [-0.1, -0.05) is 0 Å². The standard InChI is InChI=1S/C8F3N2/c9-6-1-4(2-12)7(10)5(3-13)8(6)11. The topological polar surface area (TPSA) is 47.6 Å². The van der Waals surface area contributed by atoms with Crippen molar-refractivity contribution in [2.45, 2.75) is 0 Å². The zero-order valence-corrected chi connectivity index (χ0v) is 6.03. The summed E-state index contributed by atoms with van der Waals surface area (Å²) in [5.41, 5.74) is -1.91. The third kappa shape index (κ3) is 1.32. The number of benzene rings is 1.